The fourth-order valence-electron chi connectivity index (χ4n) is 2.09. The van der Waals surface area contributed by atoms with Gasteiger partial charge in [-0.15, -0.1) is 0 Å². The number of carbonyl (C=O) groups excluding carboxylic acids is 1. The molecule has 2 N–H and O–H groups in total. The molecule has 0 aromatic heterocycles. The van der Waals surface area contributed by atoms with Gasteiger partial charge in [0.1, 0.15) is 6.04 Å². The average molecular weight is 264 g/mol. The highest BCUT2D eigenvalue weighted by atomic mass is 16.5. The predicted octanol–water partition coefficient (Wildman–Crippen LogP) is 1.82. The number of rotatable bonds is 7. The molecule has 1 aromatic rings. The first-order chi connectivity index (χ1) is 9.10. The third kappa shape index (κ3) is 4.65. The van der Waals surface area contributed by atoms with Crippen LogP contribution in [0.25, 0.3) is 0 Å². The van der Waals surface area contributed by atoms with E-state index in [9.17, 15) is 4.79 Å². The summed E-state index contributed by atoms with van der Waals surface area (Å²) in [7, 11) is 1.67. The Balaban J connectivity index is 2.68. The Morgan fingerprint density at radius 2 is 2.00 bits per heavy atom. The van der Waals surface area contributed by atoms with Gasteiger partial charge in [0.05, 0.1) is 6.61 Å². The van der Waals surface area contributed by atoms with Crippen molar-refractivity contribution < 1.29 is 9.53 Å². The molecule has 4 nitrogen and oxygen atoms in total. The second-order valence-corrected chi connectivity index (χ2v) is 4.83. The highest BCUT2D eigenvalue weighted by Crippen LogP contribution is 2.14. The fourth-order valence-corrected chi connectivity index (χ4v) is 2.09. The van der Waals surface area contributed by atoms with Crippen LogP contribution in [0.4, 0.5) is 0 Å². The molecule has 2 atom stereocenters. The van der Waals surface area contributed by atoms with E-state index >= 15 is 0 Å². The van der Waals surface area contributed by atoms with E-state index in [1.165, 1.54) is 0 Å². The van der Waals surface area contributed by atoms with Crippen molar-refractivity contribution >= 4 is 5.91 Å². The Hall–Kier alpha value is -1.39. The van der Waals surface area contributed by atoms with Crippen LogP contribution in [0.2, 0.25) is 0 Å². The van der Waals surface area contributed by atoms with Gasteiger partial charge < -0.3 is 15.4 Å². The van der Waals surface area contributed by atoms with Crippen molar-refractivity contribution in [2.75, 3.05) is 26.8 Å². The first-order valence-corrected chi connectivity index (χ1v) is 6.68. The number of nitrogens with zero attached hydrogens (tertiary/aromatic N) is 1. The van der Waals surface area contributed by atoms with E-state index in [2.05, 4.69) is 6.92 Å². The van der Waals surface area contributed by atoms with Gasteiger partial charge in [-0.2, -0.15) is 0 Å². The van der Waals surface area contributed by atoms with E-state index in [0.29, 0.717) is 25.6 Å². The number of ether oxygens (including phenoxy) is 1. The Morgan fingerprint density at radius 3 is 2.53 bits per heavy atom. The van der Waals surface area contributed by atoms with Crippen molar-refractivity contribution in [3.63, 3.8) is 0 Å². The average Bonchev–Trinajstić information content (AvgIpc) is 2.44. The smallest absolute Gasteiger partial charge is 0.244 e. The molecule has 0 bridgehead atoms. The number of methoxy groups -OCH3 is 1. The number of amides is 1. The van der Waals surface area contributed by atoms with Crippen LogP contribution in [-0.2, 0) is 9.53 Å². The molecule has 1 aromatic carbocycles. The molecule has 0 heterocycles. The molecule has 1 amide bonds. The maximum absolute atomic E-state index is 12.4. The van der Waals surface area contributed by atoms with Gasteiger partial charge in [0.25, 0.3) is 0 Å². The standard InChI is InChI=1S/C15H24N2O2/c1-4-17(10-12(2)11-19-3)15(18)14(16)13-8-6-5-7-9-13/h5-9,12,14H,4,10-11,16H2,1-3H3. The molecule has 0 spiro atoms. The summed E-state index contributed by atoms with van der Waals surface area (Å²) in [5.41, 5.74) is 6.89. The molecule has 1 rings (SSSR count). The normalized spacial score (nSPS) is 13.9. The van der Waals surface area contributed by atoms with Gasteiger partial charge in [0, 0.05) is 20.2 Å². The van der Waals surface area contributed by atoms with Gasteiger partial charge in [0.2, 0.25) is 5.91 Å². The van der Waals surface area contributed by atoms with Crippen LogP contribution < -0.4 is 5.73 Å². The number of benzene rings is 1. The zero-order valence-electron chi connectivity index (χ0n) is 12.0. The van der Waals surface area contributed by atoms with E-state index in [0.717, 1.165) is 5.56 Å². The van der Waals surface area contributed by atoms with Crippen LogP contribution in [0.5, 0.6) is 0 Å². The quantitative estimate of drug-likeness (QED) is 0.817. The minimum absolute atomic E-state index is 0.0309. The Labute approximate surface area is 115 Å². The lowest BCUT2D eigenvalue weighted by Gasteiger charge is -2.27. The van der Waals surface area contributed by atoms with E-state index in [4.69, 9.17) is 10.5 Å². The molecule has 2 unspecified atom stereocenters. The van der Waals surface area contributed by atoms with Gasteiger partial charge in [0.15, 0.2) is 0 Å². The number of hydrogen-bond acceptors (Lipinski definition) is 3. The lowest BCUT2D eigenvalue weighted by atomic mass is 10.1. The first-order valence-electron chi connectivity index (χ1n) is 6.68. The molecule has 0 saturated heterocycles. The van der Waals surface area contributed by atoms with Crippen molar-refractivity contribution in [3.05, 3.63) is 35.9 Å². The Morgan fingerprint density at radius 1 is 1.37 bits per heavy atom. The molecule has 106 valence electrons. The van der Waals surface area contributed by atoms with E-state index in [-0.39, 0.29) is 5.91 Å². The molecular weight excluding hydrogens is 240 g/mol. The van der Waals surface area contributed by atoms with Crippen LogP contribution in [0, 0.1) is 5.92 Å². The maximum Gasteiger partial charge on any atom is 0.244 e. The van der Waals surface area contributed by atoms with Gasteiger partial charge in [-0.3, -0.25) is 4.79 Å². The SMILES string of the molecule is CCN(CC(C)COC)C(=O)C(N)c1ccccc1. The molecule has 0 radical (unpaired) electrons. The van der Waals surface area contributed by atoms with Crippen molar-refractivity contribution in [1.29, 1.82) is 0 Å². The van der Waals surface area contributed by atoms with Crippen LogP contribution in [0.3, 0.4) is 0 Å². The van der Waals surface area contributed by atoms with E-state index in [1.807, 2.05) is 37.3 Å². The van der Waals surface area contributed by atoms with Crippen LogP contribution in [-0.4, -0.2) is 37.6 Å². The van der Waals surface area contributed by atoms with Gasteiger partial charge in [-0.25, -0.2) is 0 Å². The molecule has 0 fully saturated rings. The summed E-state index contributed by atoms with van der Waals surface area (Å²) in [5, 5.41) is 0. The lowest BCUT2D eigenvalue weighted by Crippen LogP contribution is -2.41. The fraction of sp³-hybridized carbons (Fsp3) is 0.533. The molecule has 0 aliphatic carbocycles. The van der Waals surface area contributed by atoms with Crippen molar-refractivity contribution in [2.24, 2.45) is 11.7 Å². The summed E-state index contributed by atoms with van der Waals surface area (Å²) in [4.78, 5) is 14.2. The van der Waals surface area contributed by atoms with E-state index < -0.39 is 6.04 Å². The van der Waals surface area contributed by atoms with Crippen molar-refractivity contribution in [3.8, 4) is 0 Å². The monoisotopic (exact) mass is 264 g/mol. The van der Waals surface area contributed by atoms with E-state index in [1.54, 1.807) is 12.0 Å². The molecular formula is C15H24N2O2. The summed E-state index contributed by atoms with van der Waals surface area (Å²) < 4.78 is 5.10. The summed E-state index contributed by atoms with van der Waals surface area (Å²) in [5.74, 6) is 0.272. The minimum atomic E-state index is -0.587. The van der Waals surface area contributed by atoms with Gasteiger partial charge in [-0.1, -0.05) is 37.3 Å². The van der Waals surface area contributed by atoms with Crippen molar-refractivity contribution in [1.82, 2.24) is 4.90 Å². The number of nitrogens with two attached hydrogens (primary N) is 1. The highest BCUT2D eigenvalue weighted by molar-refractivity contribution is 5.83. The number of carbonyl (C=O) groups is 1. The summed E-state index contributed by atoms with van der Waals surface area (Å²) in [6, 6.07) is 8.89. The topological polar surface area (TPSA) is 55.6 Å². The number of hydrogen-bond donors (Lipinski definition) is 1. The molecule has 0 saturated carbocycles. The van der Waals surface area contributed by atoms with Crippen LogP contribution in [0.1, 0.15) is 25.5 Å². The predicted molar refractivity (Wildman–Crippen MR) is 76.7 cm³/mol. The molecule has 19 heavy (non-hydrogen) atoms. The van der Waals surface area contributed by atoms with Crippen LogP contribution in [0.15, 0.2) is 30.3 Å². The first kappa shape index (κ1) is 15.7. The third-order valence-electron chi connectivity index (χ3n) is 3.10. The second-order valence-electron chi connectivity index (χ2n) is 4.83. The van der Waals surface area contributed by atoms with Crippen molar-refractivity contribution in [2.45, 2.75) is 19.9 Å². The van der Waals surface area contributed by atoms with Gasteiger partial charge >= 0.3 is 0 Å². The zero-order valence-corrected chi connectivity index (χ0v) is 12.0. The Kier molecular flexibility index (Phi) is 6.53. The third-order valence-corrected chi connectivity index (χ3v) is 3.10. The summed E-state index contributed by atoms with van der Waals surface area (Å²) in [6.45, 7) is 6.00. The molecule has 0 aliphatic heterocycles. The Bertz CT molecular complexity index is 381. The maximum atomic E-state index is 12.4. The minimum Gasteiger partial charge on any atom is -0.384 e. The zero-order chi connectivity index (χ0) is 14.3. The number of likely N-dealkylation sites (N-methyl/N-ethyl adjacent to an activating group) is 1. The lowest BCUT2D eigenvalue weighted by molar-refractivity contribution is -0.133. The highest BCUT2D eigenvalue weighted by Gasteiger charge is 2.22. The molecule has 4 heteroatoms. The summed E-state index contributed by atoms with van der Waals surface area (Å²) in [6.07, 6.45) is 0. The second kappa shape index (κ2) is 7.92. The molecule has 0 aliphatic rings. The van der Waals surface area contributed by atoms with Crippen LogP contribution >= 0.6 is 0 Å². The summed E-state index contributed by atoms with van der Waals surface area (Å²) >= 11 is 0. The largest absolute Gasteiger partial charge is 0.384 e. The van der Waals surface area contributed by atoms with Gasteiger partial charge in [-0.05, 0) is 18.4 Å².